The van der Waals surface area contributed by atoms with Crippen molar-refractivity contribution in [2.45, 2.75) is 19.9 Å². The number of β-lactam (4-membered cyclic amide) rings is 1. The number of carbonyl (C=O) groups is 3. The van der Waals surface area contributed by atoms with E-state index in [2.05, 4.69) is 5.32 Å². The average molecular weight is 261 g/mol. The lowest BCUT2D eigenvalue weighted by Crippen LogP contribution is -2.63. The van der Waals surface area contributed by atoms with Gasteiger partial charge in [0.05, 0.1) is 6.54 Å². The number of carbonyl (C=O) groups excluding carboxylic acids is 2. The van der Waals surface area contributed by atoms with Crippen molar-refractivity contribution in [3.05, 3.63) is 11.3 Å². The van der Waals surface area contributed by atoms with Gasteiger partial charge in [-0.05, 0) is 12.5 Å². The van der Waals surface area contributed by atoms with Crippen LogP contribution in [0.25, 0.3) is 0 Å². The lowest BCUT2D eigenvalue weighted by atomic mass is 10.0. The summed E-state index contributed by atoms with van der Waals surface area (Å²) in [6.07, 6.45) is 0. The van der Waals surface area contributed by atoms with E-state index in [1.165, 1.54) is 6.92 Å². The first-order valence-electron chi connectivity index (χ1n) is 4.96. The molecule has 1 heterocycles. The maximum Gasteiger partial charge on any atom is 0.352 e. The van der Waals surface area contributed by atoms with E-state index in [1.54, 1.807) is 6.92 Å². The summed E-state index contributed by atoms with van der Waals surface area (Å²) in [4.78, 5) is 34.5. The van der Waals surface area contributed by atoms with Crippen molar-refractivity contribution in [2.75, 3.05) is 12.4 Å². The summed E-state index contributed by atoms with van der Waals surface area (Å²) in [5.41, 5.74) is 0.306. The molecule has 0 aliphatic carbocycles. The highest BCUT2D eigenvalue weighted by Crippen LogP contribution is 2.21. The van der Waals surface area contributed by atoms with E-state index in [-0.39, 0.29) is 24.0 Å². The number of hydrogen-bond donors (Lipinski definition) is 2. The number of rotatable bonds is 4. The number of aliphatic carboxylic acids is 1. The van der Waals surface area contributed by atoms with Crippen LogP contribution in [0.5, 0.6) is 0 Å². The number of alkyl halides is 1. The normalized spacial score (nSPS) is 20.5. The molecule has 1 rings (SSSR count). The minimum atomic E-state index is -1.20. The molecule has 0 aromatic rings. The predicted octanol–water partition coefficient (Wildman–Crippen LogP) is -0.0693. The van der Waals surface area contributed by atoms with Gasteiger partial charge >= 0.3 is 5.97 Å². The van der Waals surface area contributed by atoms with Crippen molar-refractivity contribution >= 4 is 29.4 Å². The molecule has 0 bridgehead atoms. The third-order valence-corrected chi connectivity index (χ3v) is 2.78. The Balaban J connectivity index is 2.80. The molecule has 1 aliphatic rings. The van der Waals surface area contributed by atoms with Crippen molar-refractivity contribution in [1.29, 1.82) is 0 Å². The van der Waals surface area contributed by atoms with Crippen LogP contribution in [0.2, 0.25) is 0 Å². The number of nitrogens with zero attached hydrogens (tertiary/aromatic N) is 1. The lowest BCUT2D eigenvalue weighted by molar-refractivity contribution is -0.148. The summed E-state index contributed by atoms with van der Waals surface area (Å²) in [7, 11) is 0. The average Bonchev–Trinajstić information content (AvgIpc) is 2.25. The molecular weight excluding hydrogens is 248 g/mol. The number of carboxylic acid groups (broad SMARTS) is 1. The Morgan fingerprint density at radius 3 is 2.47 bits per heavy atom. The van der Waals surface area contributed by atoms with Gasteiger partial charge in [0.1, 0.15) is 11.7 Å². The van der Waals surface area contributed by atoms with E-state index in [0.717, 1.165) is 4.90 Å². The molecule has 0 saturated carbocycles. The summed E-state index contributed by atoms with van der Waals surface area (Å²) < 4.78 is 0. The van der Waals surface area contributed by atoms with E-state index in [4.69, 9.17) is 16.7 Å². The molecule has 0 aromatic carbocycles. The number of carboxylic acids is 1. The maximum absolute atomic E-state index is 11.6. The van der Waals surface area contributed by atoms with Crippen LogP contribution in [0, 0.1) is 0 Å². The SMILES string of the molecule is CC(=O)NC1CN(C(C(=O)O)=C(C)CCl)C1=O. The van der Waals surface area contributed by atoms with Crippen LogP contribution in [-0.2, 0) is 14.4 Å². The Hall–Kier alpha value is -1.56. The van der Waals surface area contributed by atoms with Crippen LogP contribution in [-0.4, -0.2) is 46.3 Å². The van der Waals surface area contributed by atoms with Gasteiger partial charge in [0.15, 0.2) is 0 Å². The van der Waals surface area contributed by atoms with Crippen molar-refractivity contribution in [3.8, 4) is 0 Å². The number of nitrogens with one attached hydrogen (secondary N) is 1. The summed E-state index contributed by atoms with van der Waals surface area (Å²) >= 11 is 5.56. The van der Waals surface area contributed by atoms with Crippen molar-refractivity contribution in [2.24, 2.45) is 0 Å². The van der Waals surface area contributed by atoms with Gasteiger partial charge in [0.25, 0.3) is 5.91 Å². The van der Waals surface area contributed by atoms with Gasteiger partial charge in [0.2, 0.25) is 5.91 Å². The summed E-state index contributed by atoms with van der Waals surface area (Å²) in [6.45, 7) is 3.01. The Bertz CT molecular complexity index is 405. The van der Waals surface area contributed by atoms with Crippen LogP contribution < -0.4 is 5.32 Å². The second-order valence-corrected chi connectivity index (χ2v) is 4.04. The zero-order chi connectivity index (χ0) is 13.2. The van der Waals surface area contributed by atoms with Gasteiger partial charge in [-0.3, -0.25) is 9.59 Å². The van der Waals surface area contributed by atoms with Crippen LogP contribution in [0.15, 0.2) is 11.3 Å². The fourth-order valence-corrected chi connectivity index (χ4v) is 1.70. The fourth-order valence-electron chi connectivity index (χ4n) is 1.57. The Kier molecular flexibility index (Phi) is 4.11. The number of hydrogen-bond acceptors (Lipinski definition) is 3. The van der Waals surface area contributed by atoms with Gasteiger partial charge in [-0.15, -0.1) is 11.6 Å². The van der Waals surface area contributed by atoms with Crippen molar-refractivity contribution in [1.82, 2.24) is 10.2 Å². The van der Waals surface area contributed by atoms with E-state index in [1.807, 2.05) is 0 Å². The molecule has 1 fully saturated rings. The molecule has 1 atom stereocenters. The third kappa shape index (κ3) is 2.76. The molecule has 1 unspecified atom stereocenters. The first-order valence-corrected chi connectivity index (χ1v) is 5.49. The van der Waals surface area contributed by atoms with Gasteiger partial charge in [0, 0.05) is 12.8 Å². The van der Waals surface area contributed by atoms with Crippen LogP contribution in [0.1, 0.15) is 13.8 Å². The topological polar surface area (TPSA) is 86.7 Å². The number of amides is 2. The summed E-state index contributed by atoms with van der Waals surface area (Å²) in [5.74, 6) is -1.91. The fraction of sp³-hybridized carbons (Fsp3) is 0.500. The summed E-state index contributed by atoms with van der Waals surface area (Å²) in [5, 5.41) is 11.4. The first kappa shape index (κ1) is 13.5. The highest BCUT2D eigenvalue weighted by molar-refractivity contribution is 6.20. The second-order valence-electron chi connectivity index (χ2n) is 3.77. The Morgan fingerprint density at radius 2 is 2.12 bits per heavy atom. The highest BCUT2D eigenvalue weighted by atomic mass is 35.5. The van der Waals surface area contributed by atoms with Crippen LogP contribution in [0.4, 0.5) is 0 Å². The number of likely N-dealkylation sites (tertiary alicyclic amines) is 1. The monoisotopic (exact) mass is 260 g/mol. The second kappa shape index (κ2) is 5.18. The van der Waals surface area contributed by atoms with Crippen molar-refractivity contribution < 1.29 is 19.5 Å². The van der Waals surface area contributed by atoms with E-state index in [0.29, 0.717) is 5.57 Å². The molecular formula is C10H13ClN2O4. The van der Waals surface area contributed by atoms with E-state index in [9.17, 15) is 14.4 Å². The third-order valence-electron chi connectivity index (χ3n) is 2.38. The minimum absolute atomic E-state index is 0.0379. The summed E-state index contributed by atoms with van der Waals surface area (Å²) in [6, 6.07) is -0.634. The number of halogens is 1. The van der Waals surface area contributed by atoms with Crippen LogP contribution >= 0.6 is 11.6 Å². The maximum atomic E-state index is 11.6. The number of allylic oxidation sites excluding steroid dienone is 1. The van der Waals surface area contributed by atoms with Crippen molar-refractivity contribution in [3.63, 3.8) is 0 Å². The molecule has 6 nitrogen and oxygen atoms in total. The van der Waals surface area contributed by atoms with Gasteiger partial charge < -0.3 is 15.3 Å². The zero-order valence-electron chi connectivity index (χ0n) is 9.49. The van der Waals surface area contributed by atoms with E-state index < -0.39 is 17.9 Å². The molecule has 7 heteroatoms. The van der Waals surface area contributed by atoms with Crippen LogP contribution in [0.3, 0.4) is 0 Å². The molecule has 17 heavy (non-hydrogen) atoms. The standard InChI is InChI=1S/C10H13ClN2O4/c1-5(3-11)8(10(16)17)13-4-7(9(13)15)12-6(2)14/h7H,3-4H2,1-2H3,(H,12,14)(H,16,17). The predicted molar refractivity (Wildman–Crippen MR) is 60.4 cm³/mol. The molecule has 2 amide bonds. The smallest absolute Gasteiger partial charge is 0.352 e. The molecule has 1 aliphatic heterocycles. The lowest BCUT2D eigenvalue weighted by Gasteiger charge is -2.39. The largest absolute Gasteiger partial charge is 0.477 e. The highest BCUT2D eigenvalue weighted by Gasteiger charge is 2.41. The minimum Gasteiger partial charge on any atom is -0.477 e. The molecule has 0 spiro atoms. The molecule has 94 valence electrons. The van der Waals surface area contributed by atoms with Gasteiger partial charge in [-0.25, -0.2) is 4.79 Å². The van der Waals surface area contributed by atoms with Gasteiger partial charge in [-0.2, -0.15) is 0 Å². The quantitative estimate of drug-likeness (QED) is 0.421. The molecule has 0 aromatic heterocycles. The Labute approximate surface area is 103 Å². The molecule has 2 N–H and O–H groups in total. The zero-order valence-corrected chi connectivity index (χ0v) is 10.2. The van der Waals surface area contributed by atoms with E-state index >= 15 is 0 Å². The molecule has 1 saturated heterocycles. The molecule has 0 radical (unpaired) electrons. The van der Waals surface area contributed by atoms with Gasteiger partial charge in [-0.1, -0.05) is 0 Å². The Morgan fingerprint density at radius 1 is 1.53 bits per heavy atom. The first-order chi connectivity index (χ1) is 7.88.